The molecule has 1 aromatic carbocycles. The number of nitrogens with one attached hydrogen (secondary N) is 1. The molecular formula is C18H21Cl2F3N6O3. The zero-order valence-corrected chi connectivity index (χ0v) is 18.2. The van der Waals surface area contributed by atoms with Crippen molar-refractivity contribution in [2.24, 2.45) is 5.73 Å². The number of piperidine rings is 1. The van der Waals surface area contributed by atoms with Crippen molar-refractivity contribution in [3.05, 3.63) is 45.7 Å². The molecule has 14 heteroatoms. The number of urea groups is 1. The van der Waals surface area contributed by atoms with Crippen LogP contribution in [0.3, 0.4) is 0 Å². The number of carboxylic acid groups (broad SMARTS) is 1. The fourth-order valence-electron chi connectivity index (χ4n) is 2.98. The van der Waals surface area contributed by atoms with Crippen LogP contribution in [0.5, 0.6) is 0 Å². The molecule has 4 N–H and O–H groups in total. The van der Waals surface area contributed by atoms with Gasteiger partial charge in [0.25, 0.3) is 0 Å². The second-order valence-electron chi connectivity index (χ2n) is 6.95. The van der Waals surface area contributed by atoms with Crippen LogP contribution in [-0.2, 0) is 17.9 Å². The van der Waals surface area contributed by atoms with Gasteiger partial charge in [0.2, 0.25) is 0 Å². The maximum atomic E-state index is 10.7. The van der Waals surface area contributed by atoms with E-state index in [-0.39, 0.29) is 0 Å². The Morgan fingerprint density at radius 3 is 2.41 bits per heavy atom. The summed E-state index contributed by atoms with van der Waals surface area (Å²) in [6.07, 6.45) is -1.25. The SMILES string of the molecule is NC(=O)NCc1cn(C2CCN(Cc3ccc(Cl)cc3Cl)CC2)nn1.O=C(O)C(F)(F)F. The Labute approximate surface area is 191 Å². The van der Waals surface area contributed by atoms with Crippen LogP contribution < -0.4 is 11.1 Å². The molecule has 1 aliphatic rings. The average Bonchev–Trinajstić information content (AvgIpc) is 3.18. The molecule has 1 aromatic heterocycles. The van der Waals surface area contributed by atoms with Crippen LogP contribution >= 0.6 is 23.2 Å². The van der Waals surface area contributed by atoms with Gasteiger partial charge in [0.1, 0.15) is 5.69 Å². The maximum Gasteiger partial charge on any atom is 0.490 e. The number of carboxylic acids is 1. The number of nitrogens with two attached hydrogens (primary N) is 1. The maximum absolute atomic E-state index is 10.7. The third kappa shape index (κ3) is 8.17. The number of primary amides is 1. The van der Waals surface area contributed by atoms with Gasteiger partial charge in [0.05, 0.1) is 18.8 Å². The van der Waals surface area contributed by atoms with Crippen molar-refractivity contribution in [2.75, 3.05) is 13.1 Å². The van der Waals surface area contributed by atoms with Crippen LogP contribution in [-0.4, -0.2) is 56.3 Å². The quantitative estimate of drug-likeness (QED) is 0.583. The number of carbonyl (C=O) groups excluding carboxylic acids is 1. The number of hydrogen-bond donors (Lipinski definition) is 3. The molecule has 0 atom stereocenters. The number of likely N-dealkylation sites (tertiary alicyclic amines) is 1. The van der Waals surface area contributed by atoms with E-state index in [0.29, 0.717) is 28.3 Å². The highest BCUT2D eigenvalue weighted by Gasteiger charge is 2.38. The molecule has 176 valence electrons. The van der Waals surface area contributed by atoms with Crippen LogP contribution in [0.4, 0.5) is 18.0 Å². The number of amides is 2. The Morgan fingerprint density at radius 2 is 1.88 bits per heavy atom. The average molecular weight is 497 g/mol. The van der Waals surface area contributed by atoms with E-state index in [2.05, 4.69) is 20.5 Å². The van der Waals surface area contributed by atoms with Gasteiger partial charge in [-0.05, 0) is 30.5 Å². The largest absolute Gasteiger partial charge is 0.490 e. The molecular weight excluding hydrogens is 476 g/mol. The van der Waals surface area contributed by atoms with Crippen LogP contribution in [0.2, 0.25) is 10.0 Å². The van der Waals surface area contributed by atoms with Gasteiger partial charge < -0.3 is 16.2 Å². The van der Waals surface area contributed by atoms with Crippen LogP contribution in [0, 0.1) is 0 Å². The van der Waals surface area contributed by atoms with E-state index < -0.39 is 18.2 Å². The van der Waals surface area contributed by atoms with E-state index in [1.807, 2.05) is 23.0 Å². The highest BCUT2D eigenvalue weighted by molar-refractivity contribution is 6.35. The minimum atomic E-state index is -5.08. The molecule has 0 unspecified atom stereocenters. The summed E-state index contributed by atoms with van der Waals surface area (Å²) in [6.45, 7) is 3.02. The number of aromatic nitrogens is 3. The van der Waals surface area contributed by atoms with Gasteiger partial charge in [-0.2, -0.15) is 13.2 Å². The summed E-state index contributed by atoms with van der Waals surface area (Å²) >= 11 is 12.2. The van der Waals surface area contributed by atoms with Crippen LogP contribution in [0.15, 0.2) is 24.4 Å². The van der Waals surface area contributed by atoms with Crippen LogP contribution in [0.25, 0.3) is 0 Å². The van der Waals surface area contributed by atoms with Crippen molar-refractivity contribution in [2.45, 2.75) is 38.1 Å². The first-order chi connectivity index (χ1) is 15.0. The molecule has 32 heavy (non-hydrogen) atoms. The summed E-state index contributed by atoms with van der Waals surface area (Å²) in [5.41, 5.74) is 6.85. The molecule has 9 nitrogen and oxygen atoms in total. The zero-order chi connectivity index (χ0) is 23.9. The number of halogens is 5. The van der Waals surface area contributed by atoms with Gasteiger partial charge in [-0.15, -0.1) is 5.10 Å². The third-order valence-corrected chi connectivity index (χ3v) is 5.17. The van der Waals surface area contributed by atoms with Crippen molar-refractivity contribution in [3.63, 3.8) is 0 Å². The number of nitrogens with zero attached hydrogens (tertiary/aromatic N) is 4. The Balaban J connectivity index is 0.000000451. The molecule has 2 heterocycles. The van der Waals surface area contributed by atoms with Crippen molar-refractivity contribution in [1.82, 2.24) is 25.2 Å². The van der Waals surface area contributed by atoms with Crippen molar-refractivity contribution in [3.8, 4) is 0 Å². The number of aliphatic carboxylic acids is 1. The molecule has 1 saturated heterocycles. The minimum Gasteiger partial charge on any atom is -0.475 e. The molecule has 3 rings (SSSR count). The summed E-state index contributed by atoms with van der Waals surface area (Å²) in [5, 5.41) is 19.2. The summed E-state index contributed by atoms with van der Waals surface area (Å²) < 4.78 is 33.6. The predicted octanol–water partition coefficient (Wildman–Crippen LogP) is 3.22. The van der Waals surface area contributed by atoms with Gasteiger partial charge in [0.15, 0.2) is 0 Å². The number of benzene rings is 1. The second-order valence-corrected chi connectivity index (χ2v) is 7.80. The van der Waals surface area contributed by atoms with Crippen molar-refractivity contribution >= 4 is 35.2 Å². The monoisotopic (exact) mass is 496 g/mol. The normalized spacial score (nSPS) is 15.0. The molecule has 2 aromatic rings. The third-order valence-electron chi connectivity index (χ3n) is 4.58. The van der Waals surface area contributed by atoms with Gasteiger partial charge in [-0.3, -0.25) is 4.90 Å². The smallest absolute Gasteiger partial charge is 0.475 e. The lowest BCUT2D eigenvalue weighted by molar-refractivity contribution is -0.192. The van der Waals surface area contributed by atoms with Gasteiger partial charge in [-0.1, -0.05) is 34.5 Å². The van der Waals surface area contributed by atoms with E-state index in [1.54, 1.807) is 6.07 Å². The highest BCUT2D eigenvalue weighted by Crippen LogP contribution is 2.26. The lowest BCUT2D eigenvalue weighted by Crippen LogP contribution is -2.34. The molecule has 2 amide bonds. The standard InChI is InChI=1S/C16H20Cl2N6O.C2HF3O2/c17-12-2-1-11(15(18)7-12)9-23-5-3-14(4-6-23)24-10-13(21-22-24)8-20-16(19)25;3-2(4,5)1(6)7/h1-2,7,10,14H,3-6,8-9H2,(H3,19,20,25);(H,6,7). The Hall–Kier alpha value is -2.57. The van der Waals surface area contributed by atoms with E-state index in [1.165, 1.54) is 0 Å². The van der Waals surface area contributed by atoms with Gasteiger partial charge in [0, 0.05) is 29.7 Å². The topological polar surface area (TPSA) is 126 Å². The fraction of sp³-hybridized carbons (Fsp3) is 0.444. The zero-order valence-electron chi connectivity index (χ0n) is 16.6. The van der Waals surface area contributed by atoms with Gasteiger partial charge in [-0.25, -0.2) is 14.3 Å². The summed E-state index contributed by atoms with van der Waals surface area (Å²) in [7, 11) is 0. The van der Waals surface area contributed by atoms with E-state index >= 15 is 0 Å². The Bertz CT molecular complexity index is 933. The summed E-state index contributed by atoms with van der Waals surface area (Å²) in [5.74, 6) is -2.76. The molecule has 1 aliphatic heterocycles. The number of carbonyl (C=O) groups is 2. The molecule has 0 radical (unpaired) electrons. The molecule has 0 saturated carbocycles. The first kappa shape index (κ1) is 25.7. The van der Waals surface area contributed by atoms with Gasteiger partial charge >= 0.3 is 18.2 Å². The lowest BCUT2D eigenvalue weighted by atomic mass is 10.0. The molecule has 0 spiro atoms. The van der Waals surface area contributed by atoms with Crippen molar-refractivity contribution in [1.29, 1.82) is 0 Å². The lowest BCUT2D eigenvalue weighted by Gasteiger charge is -2.32. The highest BCUT2D eigenvalue weighted by atomic mass is 35.5. The van der Waals surface area contributed by atoms with E-state index in [9.17, 15) is 18.0 Å². The molecule has 0 aliphatic carbocycles. The minimum absolute atomic E-state index is 0.295. The van der Waals surface area contributed by atoms with E-state index in [4.69, 9.17) is 38.8 Å². The van der Waals surface area contributed by atoms with E-state index in [0.717, 1.165) is 38.0 Å². The first-order valence-corrected chi connectivity index (χ1v) is 10.1. The second kappa shape index (κ2) is 11.3. The Morgan fingerprint density at radius 1 is 1.25 bits per heavy atom. The number of hydrogen-bond acceptors (Lipinski definition) is 5. The number of alkyl halides is 3. The summed E-state index contributed by atoms with van der Waals surface area (Å²) in [6, 6.07) is 5.37. The summed E-state index contributed by atoms with van der Waals surface area (Å²) in [4.78, 5) is 22.0. The molecule has 1 fully saturated rings. The van der Waals surface area contributed by atoms with Crippen LogP contribution in [0.1, 0.15) is 30.1 Å². The first-order valence-electron chi connectivity index (χ1n) is 9.36. The fourth-order valence-corrected chi connectivity index (χ4v) is 3.45. The van der Waals surface area contributed by atoms with Crippen molar-refractivity contribution < 1.29 is 27.9 Å². The Kier molecular flexibility index (Phi) is 9.10. The predicted molar refractivity (Wildman–Crippen MR) is 110 cm³/mol. The number of rotatable bonds is 5. The molecule has 0 bridgehead atoms.